The van der Waals surface area contributed by atoms with Crippen molar-refractivity contribution >= 4 is 33.2 Å². The van der Waals surface area contributed by atoms with Gasteiger partial charge in [-0.1, -0.05) is 78.4 Å². The van der Waals surface area contributed by atoms with E-state index in [4.69, 9.17) is 0 Å². The number of hydrogen-bond acceptors (Lipinski definition) is 6. The van der Waals surface area contributed by atoms with Gasteiger partial charge >= 0.3 is 0 Å². The number of non-ortho nitro benzene ring substituents is 1. The van der Waals surface area contributed by atoms with E-state index in [1.165, 1.54) is 48.3 Å². The Labute approximate surface area is 250 Å². The standard InChI is InChI=1S/C32H32N4O6S/c1-24-10-9-13-26(20-24)22-34(30(32(38)33-2)21-25-11-5-3-6-12-25)31(37)23-35(27-16-18-28(19-17-27)36(39)40)43(41,42)29-14-7-4-8-15-29/h3-20,30H,21-23H2,1-2H3,(H,33,38)/t30-/m1/s1. The first-order valence-corrected chi connectivity index (χ1v) is 15.0. The molecule has 0 spiro atoms. The molecule has 1 atom stereocenters. The smallest absolute Gasteiger partial charge is 0.269 e. The molecule has 0 saturated heterocycles. The van der Waals surface area contributed by atoms with Crippen molar-refractivity contribution in [2.24, 2.45) is 0 Å². The van der Waals surface area contributed by atoms with Crippen molar-refractivity contribution < 1.29 is 22.9 Å². The van der Waals surface area contributed by atoms with Gasteiger partial charge in [0.2, 0.25) is 11.8 Å². The summed E-state index contributed by atoms with van der Waals surface area (Å²) in [5.41, 5.74) is 2.39. The van der Waals surface area contributed by atoms with E-state index in [1.807, 2.05) is 61.5 Å². The molecule has 1 N–H and O–H groups in total. The van der Waals surface area contributed by atoms with Gasteiger partial charge in [0.25, 0.3) is 15.7 Å². The Morgan fingerprint density at radius 2 is 1.47 bits per heavy atom. The third-order valence-electron chi connectivity index (χ3n) is 6.91. The Morgan fingerprint density at radius 1 is 0.860 bits per heavy atom. The van der Waals surface area contributed by atoms with Gasteiger partial charge in [-0.05, 0) is 42.3 Å². The first-order valence-electron chi connectivity index (χ1n) is 13.5. The number of rotatable bonds is 12. The molecule has 10 nitrogen and oxygen atoms in total. The van der Waals surface area contributed by atoms with Crippen LogP contribution in [0.5, 0.6) is 0 Å². The molecule has 0 heterocycles. The summed E-state index contributed by atoms with van der Waals surface area (Å²) in [4.78, 5) is 39.5. The quantitative estimate of drug-likeness (QED) is 0.189. The molecule has 0 aromatic heterocycles. The number of carbonyl (C=O) groups excluding carboxylic acids is 2. The van der Waals surface area contributed by atoms with E-state index >= 15 is 0 Å². The molecule has 4 rings (SSSR count). The van der Waals surface area contributed by atoms with Crippen molar-refractivity contribution in [2.45, 2.75) is 30.8 Å². The average molecular weight is 601 g/mol. The molecule has 11 heteroatoms. The molecule has 0 bridgehead atoms. The van der Waals surface area contributed by atoms with Crippen molar-refractivity contribution in [1.82, 2.24) is 10.2 Å². The number of nitrogens with zero attached hydrogens (tertiary/aromatic N) is 3. The molecular weight excluding hydrogens is 568 g/mol. The molecule has 0 aliphatic rings. The number of carbonyl (C=O) groups is 2. The highest BCUT2D eigenvalue weighted by Gasteiger charge is 2.34. The summed E-state index contributed by atoms with van der Waals surface area (Å²) in [6.07, 6.45) is 0.195. The highest BCUT2D eigenvalue weighted by molar-refractivity contribution is 7.92. The number of hydrogen-bond donors (Lipinski definition) is 1. The summed E-state index contributed by atoms with van der Waals surface area (Å²) in [5, 5.41) is 13.9. The lowest BCUT2D eigenvalue weighted by molar-refractivity contribution is -0.384. The van der Waals surface area contributed by atoms with Crippen LogP contribution in [0.15, 0.2) is 114 Å². The number of amides is 2. The van der Waals surface area contributed by atoms with Crippen LogP contribution in [0.2, 0.25) is 0 Å². The summed E-state index contributed by atoms with van der Waals surface area (Å²) >= 11 is 0. The number of aryl methyl sites for hydroxylation is 1. The van der Waals surface area contributed by atoms with E-state index < -0.39 is 39.3 Å². The van der Waals surface area contributed by atoms with E-state index in [0.717, 1.165) is 21.0 Å². The van der Waals surface area contributed by atoms with Crippen LogP contribution in [0.3, 0.4) is 0 Å². The summed E-state index contributed by atoms with van der Waals surface area (Å²) in [5.74, 6) is -1.03. The average Bonchev–Trinajstić information content (AvgIpc) is 3.02. The number of likely N-dealkylation sites (N-methyl/N-ethyl adjacent to an activating group) is 1. The zero-order chi connectivity index (χ0) is 31.0. The second-order valence-corrected chi connectivity index (χ2v) is 11.8. The Bertz CT molecular complexity index is 1680. The number of nitro groups is 1. The van der Waals surface area contributed by atoms with Gasteiger partial charge in [-0.15, -0.1) is 0 Å². The third kappa shape index (κ3) is 7.63. The number of benzene rings is 4. The van der Waals surface area contributed by atoms with Gasteiger partial charge in [0, 0.05) is 32.1 Å². The zero-order valence-corrected chi connectivity index (χ0v) is 24.6. The van der Waals surface area contributed by atoms with Crippen molar-refractivity contribution in [3.8, 4) is 0 Å². The van der Waals surface area contributed by atoms with Crippen LogP contribution in [0.1, 0.15) is 16.7 Å². The van der Waals surface area contributed by atoms with Crippen LogP contribution in [0.25, 0.3) is 0 Å². The van der Waals surface area contributed by atoms with Gasteiger partial charge in [-0.3, -0.25) is 24.0 Å². The van der Waals surface area contributed by atoms with Crippen LogP contribution in [0, 0.1) is 17.0 Å². The predicted octanol–water partition coefficient (Wildman–Crippen LogP) is 4.48. The fraction of sp³-hybridized carbons (Fsp3) is 0.188. The van der Waals surface area contributed by atoms with Gasteiger partial charge < -0.3 is 10.2 Å². The highest BCUT2D eigenvalue weighted by atomic mass is 32.2. The maximum Gasteiger partial charge on any atom is 0.269 e. The highest BCUT2D eigenvalue weighted by Crippen LogP contribution is 2.27. The number of sulfonamides is 1. The lowest BCUT2D eigenvalue weighted by Gasteiger charge is -2.33. The minimum absolute atomic E-state index is 0.0465. The Balaban J connectivity index is 1.79. The van der Waals surface area contributed by atoms with Gasteiger partial charge in [-0.2, -0.15) is 0 Å². The molecule has 0 aliphatic carbocycles. The summed E-state index contributed by atoms with van der Waals surface area (Å²) in [6, 6.07) is 28.3. The van der Waals surface area contributed by atoms with Gasteiger partial charge in [0.05, 0.1) is 15.5 Å². The lowest BCUT2D eigenvalue weighted by Crippen LogP contribution is -2.53. The molecule has 2 amide bonds. The van der Waals surface area contributed by atoms with E-state index in [1.54, 1.807) is 18.2 Å². The monoisotopic (exact) mass is 600 g/mol. The summed E-state index contributed by atoms with van der Waals surface area (Å²) in [6.45, 7) is 1.31. The minimum Gasteiger partial charge on any atom is -0.357 e. The summed E-state index contributed by atoms with van der Waals surface area (Å²) in [7, 11) is -2.81. The van der Waals surface area contributed by atoms with Crippen LogP contribution in [0.4, 0.5) is 11.4 Å². The topological polar surface area (TPSA) is 130 Å². The summed E-state index contributed by atoms with van der Waals surface area (Å²) < 4.78 is 28.7. The zero-order valence-electron chi connectivity index (χ0n) is 23.8. The van der Waals surface area contributed by atoms with Crippen molar-refractivity contribution in [1.29, 1.82) is 0 Å². The molecular formula is C32H32N4O6S. The van der Waals surface area contributed by atoms with E-state index in [9.17, 15) is 28.1 Å². The SMILES string of the molecule is CNC(=O)[C@@H](Cc1ccccc1)N(Cc1cccc(C)c1)C(=O)CN(c1ccc([N+](=O)[O-])cc1)S(=O)(=O)c1ccccc1. The number of anilines is 1. The second-order valence-electron chi connectivity index (χ2n) is 9.93. The molecule has 4 aromatic carbocycles. The molecule has 0 aliphatic heterocycles. The van der Waals surface area contributed by atoms with Crippen LogP contribution in [-0.2, 0) is 32.6 Å². The van der Waals surface area contributed by atoms with Crippen molar-refractivity contribution in [3.63, 3.8) is 0 Å². The molecule has 43 heavy (non-hydrogen) atoms. The molecule has 0 radical (unpaired) electrons. The largest absolute Gasteiger partial charge is 0.357 e. The number of nitro benzene ring substituents is 1. The first-order chi connectivity index (χ1) is 20.6. The van der Waals surface area contributed by atoms with Crippen molar-refractivity contribution in [3.05, 3.63) is 136 Å². The third-order valence-corrected chi connectivity index (χ3v) is 8.70. The first kappa shape index (κ1) is 30.9. The van der Waals surface area contributed by atoms with E-state index in [2.05, 4.69) is 5.32 Å². The van der Waals surface area contributed by atoms with Crippen molar-refractivity contribution in [2.75, 3.05) is 17.9 Å². The van der Waals surface area contributed by atoms with Crippen LogP contribution in [-0.4, -0.2) is 49.7 Å². The maximum atomic E-state index is 14.3. The maximum absolute atomic E-state index is 14.3. The van der Waals surface area contributed by atoms with E-state index in [-0.39, 0.29) is 29.2 Å². The van der Waals surface area contributed by atoms with Gasteiger partial charge in [0.1, 0.15) is 12.6 Å². The fourth-order valence-electron chi connectivity index (χ4n) is 4.72. The lowest BCUT2D eigenvalue weighted by atomic mass is 10.0. The van der Waals surface area contributed by atoms with Crippen LogP contribution < -0.4 is 9.62 Å². The minimum atomic E-state index is -4.29. The predicted molar refractivity (Wildman–Crippen MR) is 164 cm³/mol. The molecule has 0 fully saturated rings. The molecule has 0 unspecified atom stereocenters. The Kier molecular flexibility index (Phi) is 9.89. The Morgan fingerprint density at radius 3 is 2.05 bits per heavy atom. The molecule has 4 aromatic rings. The molecule has 222 valence electrons. The van der Waals surface area contributed by atoms with Crippen LogP contribution >= 0.6 is 0 Å². The van der Waals surface area contributed by atoms with Gasteiger partial charge in [0.15, 0.2) is 0 Å². The van der Waals surface area contributed by atoms with Gasteiger partial charge in [-0.25, -0.2) is 8.42 Å². The van der Waals surface area contributed by atoms with E-state index in [0.29, 0.717) is 0 Å². The molecule has 0 saturated carbocycles. The second kappa shape index (κ2) is 13.8. The normalized spacial score (nSPS) is 11.8. The number of nitrogens with one attached hydrogen (secondary N) is 1. The Hall–Kier alpha value is -5.03. The fourth-order valence-corrected chi connectivity index (χ4v) is 6.15.